The monoisotopic (exact) mass is 762 g/mol. The molecule has 266 valence electrons. The summed E-state index contributed by atoms with van der Waals surface area (Å²) in [4.78, 5) is 15.6. The molecule has 12 rings (SSSR count). The van der Waals surface area contributed by atoms with Gasteiger partial charge in [-0.05, 0) is 65.7 Å². The van der Waals surface area contributed by atoms with Gasteiger partial charge in [0.15, 0.2) is 17.5 Å². The van der Waals surface area contributed by atoms with E-state index in [1.165, 1.54) is 67.7 Å². The van der Waals surface area contributed by atoms with Crippen LogP contribution in [0.25, 0.3) is 113 Å². The van der Waals surface area contributed by atoms with Crippen molar-refractivity contribution in [3.63, 3.8) is 0 Å². The molecule has 0 aliphatic heterocycles. The number of hydrogen-bond donors (Lipinski definition) is 0. The van der Waals surface area contributed by atoms with Gasteiger partial charge in [-0.3, -0.25) is 0 Å². The molecule has 4 heterocycles. The second-order valence-electron chi connectivity index (χ2n) is 14.3. The molecule has 0 amide bonds. The van der Waals surface area contributed by atoms with E-state index in [9.17, 15) is 0 Å². The SMILES string of the molecule is c1ccc(-c2nc(-c3ccccc3)nc(-c3cc(-c4cccc5c4c4ccccc4n5-c4ccccc4)cc4c3sc3ccc5sc6ccccc6c5c34)n2)cc1. The number of para-hydroxylation sites is 2. The van der Waals surface area contributed by atoms with E-state index in [4.69, 9.17) is 15.0 Å². The lowest BCUT2D eigenvalue weighted by molar-refractivity contribution is 1.08. The minimum absolute atomic E-state index is 0.651. The Balaban J connectivity index is 1.22. The quantitative estimate of drug-likeness (QED) is 0.175. The summed E-state index contributed by atoms with van der Waals surface area (Å²) in [6.07, 6.45) is 0. The molecule has 0 saturated heterocycles. The number of thiophene rings is 2. The maximum atomic E-state index is 5.30. The van der Waals surface area contributed by atoms with Crippen LogP contribution in [0.3, 0.4) is 0 Å². The van der Waals surface area contributed by atoms with Gasteiger partial charge in [-0.2, -0.15) is 0 Å². The number of nitrogens with zero attached hydrogens (tertiary/aromatic N) is 4. The Morgan fingerprint density at radius 1 is 0.351 bits per heavy atom. The predicted octanol–water partition coefficient (Wildman–Crippen LogP) is 14.4. The first-order chi connectivity index (χ1) is 28.3. The van der Waals surface area contributed by atoms with E-state index >= 15 is 0 Å². The van der Waals surface area contributed by atoms with E-state index in [0.29, 0.717) is 17.5 Å². The molecular weight excluding hydrogens is 733 g/mol. The lowest BCUT2D eigenvalue weighted by atomic mass is 9.94. The van der Waals surface area contributed by atoms with Crippen LogP contribution in [-0.2, 0) is 0 Å². The number of rotatable bonds is 5. The van der Waals surface area contributed by atoms with E-state index in [1.54, 1.807) is 0 Å². The van der Waals surface area contributed by atoms with E-state index in [0.717, 1.165) is 27.9 Å². The van der Waals surface area contributed by atoms with E-state index in [-0.39, 0.29) is 0 Å². The van der Waals surface area contributed by atoms with Crippen LogP contribution in [0, 0.1) is 0 Å². The average molecular weight is 763 g/mol. The van der Waals surface area contributed by atoms with Gasteiger partial charge in [0.1, 0.15) is 0 Å². The second-order valence-corrected chi connectivity index (χ2v) is 16.5. The molecule has 0 radical (unpaired) electrons. The van der Waals surface area contributed by atoms with Crippen LogP contribution in [0.15, 0.2) is 182 Å². The molecule has 0 saturated carbocycles. The molecule has 0 N–H and O–H groups in total. The summed E-state index contributed by atoms with van der Waals surface area (Å²) in [6.45, 7) is 0. The maximum Gasteiger partial charge on any atom is 0.165 e. The summed E-state index contributed by atoms with van der Waals surface area (Å²) in [6, 6.07) is 64.8. The highest BCUT2D eigenvalue weighted by atomic mass is 32.1. The topological polar surface area (TPSA) is 43.6 Å². The van der Waals surface area contributed by atoms with Crippen LogP contribution in [0.1, 0.15) is 0 Å². The summed E-state index contributed by atoms with van der Waals surface area (Å²) in [5, 5.41) is 7.54. The van der Waals surface area contributed by atoms with Crippen molar-refractivity contribution in [2.24, 2.45) is 0 Å². The summed E-state index contributed by atoms with van der Waals surface area (Å²) >= 11 is 3.69. The second kappa shape index (κ2) is 12.8. The largest absolute Gasteiger partial charge is 0.309 e. The molecule has 0 aliphatic rings. The van der Waals surface area contributed by atoms with Gasteiger partial charge < -0.3 is 4.57 Å². The average Bonchev–Trinajstić information content (AvgIpc) is 3.96. The van der Waals surface area contributed by atoms with Crippen molar-refractivity contribution in [2.45, 2.75) is 0 Å². The maximum absolute atomic E-state index is 5.30. The lowest BCUT2D eigenvalue weighted by Crippen LogP contribution is -2.00. The van der Waals surface area contributed by atoms with Gasteiger partial charge in [-0.15, -0.1) is 22.7 Å². The zero-order valence-electron chi connectivity index (χ0n) is 30.4. The van der Waals surface area contributed by atoms with Gasteiger partial charge >= 0.3 is 0 Å². The minimum Gasteiger partial charge on any atom is -0.309 e. The fraction of sp³-hybridized carbons (Fsp3) is 0. The molecule has 0 bridgehead atoms. The van der Waals surface area contributed by atoms with Crippen molar-refractivity contribution >= 4 is 84.8 Å². The van der Waals surface area contributed by atoms with E-state index in [1.807, 2.05) is 59.1 Å². The third kappa shape index (κ3) is 5.08. The van der Waals surface area contributed by atoms with Crippen LogP contribution in [-0.4, -0.2) is 19.5 Å². The predicted molar refractivity (Wildman–Crippen MR) is 242 cm³/mol. The van der Waals surface area contributed by atoms with Gasteiger partial charge in [0.05, 0.1) is 11.0 Å². The molecule has 57 heavy (non-hydrogen) atoms. The van der Waals surface area contributed by atoms with E-state index in [2.05, 4.69) is 150 Å². The molecule has 4 aromatic heterocycles. The van der Waals surface area contributed by atoms with Crippen LogP contribution < -0.4 is 0 Å². The Morgan fingerprint density at radius 3 is 1.67 bits per heavy atom. The summed E-state index contributed by atoms with van der Waals surface area (Å²) in [5.41, 5.74) is 8.68. The zero-order chi connectivity index (χ0) is 37.5. The third-order valence-corrected chi connectivity index (χ3v) is 13.4. The fourth-order valence-corrected chi connectivity index (χ4v) is 10.9. The molecule has 12 aromatic rings. The molecule has 0 aliphatic carbocycles. The highest BCUT2D eigenvalue weighted by Gasteiger charge is 2.23. The van der Waals surface area contributed by atoms with Gasteiger partial charge in [-0.25, -0.2) is 15.0 Å². The summed E-state index contributed by atoms with van der Waals surface area (Å²) in [7, 11) is 0. The van der Waals surface area contributed by atoms with Crippen molar-refractivity contribution in [3.8, 4) is 51.0 Å². The summed E-state index contributed by atoms with van der Waals surface area (Å²) < 4.78 is 7.39. The standard InChI is InChI=1S/C51H30N4S2/c1-4-15-31(16-5-1)49-52-50(32-17-6-2-7-18-32)54-51(53-49)39-30-33(29-38-47-44(57-48(38)39)28-27-43-46(47)37-22-11-13-26-42(37)56-43)35-23-14-25-41-45(35)36-21-10-12-24-40(36)55(41)34-19-8-3-9-20-34/h1-30H. The van der Waals surface area contributed by atoms with Crippen molar-refractivity contribution in [2.75, 3.05) is 0 Å². The Bertz CT molecular complexity index is 3450. The Kier molecular flexibility index (Phi) is 7.24. The van der Waals surface area contributed by atoms with Gasteiger partial charge in [0.2, 0.25) is 0 Å². The molecule has 0 spiro atoms. The van der Waals surface area contributed by atoms with Crippen molar-refractivity contribution in [1.82, 2.24) is 19.5 Å². The van der Waals surface area contributed by atoms with Crippen molar-refractivity contribution in [1.29, 1.82) is 0 Å². The van der Waals surface area contributed by atoms with Crippen LogP contribution in [0.5, 0.6) is 0 Å². The highest BCUT2D eigenvalue weighted by molar-refractivity contribution is 7.28. The zero-order valence-corrected chi connectivity index (χ0v) is 32.1. The molecular formula is C51H30N4S2. The number of hydrogen-bond acceptors (Lipinski definition) is 5. The number of fused-ring (bicyclic) bond motifs is 10. The smallest absolute Gasteiger partial charge is 0.165 e. The first kappa shape index (κ1) is 32.3. The Hall–Kier alpha value is -6.99. The molecule has 4 nitrogen and oxygen atoms in total. The van der Waals surface area contributed by atoms with Gasteiger partial charge in [0, 0.05) is 73.5 Å². The van der Waals surface area contributed by atoms with Gasteiger partial charge in [-0.1, -0.05) is 127 Å². The van der Waals surface area contributed by atoms with Gasteiger partial charge in [0.25, 0.3) is 0 Å². The Labute approximate surface area is 335 Å². The Morgan fingerprint density at radius 2 is 0.930 bits per heavy atom. The molecule has 0 fully saturated rings. The van der Waals surface area contributed by atoms with Crippen molar-refractivity contribution in [3.05, 3.63) is 182 Å². The minimum atomic E-state index is 0.651. The normalized spacial score (nSPS) is 11.9. The van der Waals surface area contributed by atoms with Crippen LogP contribution in [0.2, 0.25) is 0 Å². The molecule has 6 heteroatoms. The molecule has 0 atom stereocenters. The fourth-order valence-electron chi connectivity index (χ4n) is 8.55. The molecule has 0 unspecified atom stereocenters. The first-order valence-electron chi connectivity index (χ1n) is 19.0. The molecule has 8 aromatic carbocycles. The first-order valence-corrected chi connectivity index (χ1v) is 20.7. The number of aromatic nitrogens is 4. The third-order valence-electron chi connectivity index (χ3n) is 11.0. The number of benzene rings is 8. The highest BCUT2D eigenvalue weighted by Crippen LogP contribution is 2.49. The van der Waals surface area contributed by atoms with Crippen LogP contribution >= 0.6 is 22.7 Å². The summed E-state index contributed by atoms with van der Waals surface area (Å²) in [5.74, 6) is 1.96. The lowest BCUT2D eigenvalue weighted by Gasteiger charge is -2.12. The van der Waals surface area contributed by atoms with Crippen LogP contribution in [0.4, 0.5) is 0 Å². The van der Waals surface area contributed by atoms with E-state index < -0.39 is 0 Å². The van der Waals surface area contributed by atoms with Crippen molar-refractivity contribution < 1.29 is 0 Å².